The van der Waals surface area contributed by atoms with Crippen LogP contribution in [-0.2, 0) is 10.0 Å². The first kappa shape index (κ1) is 16.3. The third-order valence-electron chi connectivity index (χ3n) is 2.96. The van der Waals surface area contributed by atoms with E-state index in [0.717, 1.165) is 10.0 Å². The molecular formula is C14H14BrClN2O2S. The number of nitrogen functional groups attached to an aromatic ring is 1. The van der Waals surface area contributed by atoms with Crippen molar-refractivity contribution in [1.29, 1.82) is 0 Å². The van der Waals surface area contributed by atoms with Gasteiger partial charge in [-0.15, -0.1) is 0 Å². The fraction of sp³-hybridized carbons (Fsp3) is 0.143. The first-order valence-electron chi connectivity index (χ1n) is 6.12. The standard InChI is InChI=1S/C14H14BrClN2O2S/c1-9(10-3-2-4-11(15)7-10)18-21(19,20)12-5-6-14(17)13(16)8-12/h2-9,18H,17H2,1H3. The van der Waals surface area contributed by atoms with Crippen molar-refractivity contribution >= 4 is 43.2 Å². The van der Waals surface area contributed by atoms with E-state index in [0.29, 0.717) is 5.69 Å². The second kappa shape index (κ2) is 6.36. The Kier molecular flexibility index (Phi) is 4.93. The van der Waals surface area contributed by atoms with E-state index in [1.54, 1.807) is 6.92 Å². The summed E-state index contributed by atoms with van der Waals surface area (Å²) in [5.74, 6) is 0. The minimum atomic E-state index is -3.67. The minimum Gasteiger partial charge on any atom is -0.398 e. The Labute approximate surface area is 137 Å². The molecular weight excluding hydrogens is 376 g/mol. The first-order chi connectivity index (χ1) is 9.79. The lowest BCUT2D eigenvalue weighted by molar-refractivity contribution is 0.567. The van der Waals surface area contributed by atoms with Crippen LogP contribution >= 0.6 is 27.5 Å². The smallest absolute Gasteiger partial charge is 0.241 e. The van der Waals surface area contributed by atoms with Crippen molar-refractivity contribution in [3.63, 3.8) is 0 Å². The SMILES string of the molecule is CC(NS(=O)(=O)c1ccc(N)c(Cl)c1)c1cccc(Br)c1. The van der Waals surface area contributed by atoms with Gasteiger partial charge in [0.25, 0.3) is 0 Å². The summed E-state index contributed by atoms with van der Waals surface area (Å²) in [6, 6.07) is 11.3. The van der Waals surface area contributed by atoms with Gasteiger partial charge in [-0.2, -0.15) is 0 Å². The van der Waals surface area contributed by atoms with E-state index < -0.39 is 10.0 Å². The van der Waals surface area contributed by atoms with Crippen molar-refractivity contribution < 1.29 is 8.42 Å². The first-order valence-corrected chi connectivity index (χ1v) is 8.78. The zero-order valence-electron chi connectivity index (χ0n) is 11.2. The Hall–Kier alpha value is -1.08. The van der Waals surface area contributed by atoms with Crippen LogP contribution in [-0.4, -0.2) is 8.42 Å². The zero-order valence-corrected chi connectivity index (χ0v) is 14.3. The molecule has 7 heteroatoms. The molecule has 21 heavy (non-hydrogen) atoms. The zero-order chi connectivity index (χ0) is 15.6. The van der Waals surface area contributed by atoms with E-state index >= 15 is 0 Å². The average Bonchev–Trinajstić information content (AvgIpc) is 2.41. The van der Waals surface area contributed by atoms with Gasteiger partial charge in [0.1, 0.15) is 0 Å². The number of sulfonamides is 1. The van der Waals surface area contributed by atoms with Gasteiger partial charge in [0, 0.05) is 10.5 Å². The summed E-state index contributed by atoms with van der Waals surface area (Å²) in [5, 5.41) is 0.216. The van der Waals surface area contributed by atoms with Gasteiger partial charge in [-0.05, 0) is 42.8 Å². The van der Waals surface area contributed by atoms with E-state index in [4.69, 9.17) is 17.3 Å². The van der Waals surface area contributed by atoms with Gasteiger partial charge in [0.15, 0.2) is 0 Å². The van der Waals surface area contributed by atoms with Crippen LogP contribution in [0.2, 0.25) is 5.02 Å². The second-order valence-electron chi connectivity index (χ2n) is 4.58. The lowest BCUT2D eigenvalue weighted by Gasteiger charge is -2.15. The molecule has 0 aliphatic carbocycles. The average molecular weight is 390 g/mol. The summed E-state index contributed by atoms with van der Waals surface area (Å²) in [4.78, 5) is 0.0866. The van der Waals surface area contributed by atoms with Gasteiger partial charge in [-0.3, -0.25) is 0 Å². The molecule has 3 N–H and O–H groups in total. The fourth-order valence-electron chi connectivity index (χ4n) is 1.82. The van der Waals surface area contributed by atoms with Crippen molar-refractivity contribution in [3.05, 3.63) is 57.5 Å². The molecule has 1 unspecified atom stereocenters. The molecule has 0 amide bonds. The molecule has 112 valence electrons. The fourth-order valence-corrected chi connectivity index (χ4v) is 3.74. The Morgan fingerprint density at radius 3 is 2.57 bits per heavy atom. The number of nitrogens with one attached hydrogen (secondary N) is 1. The molecule has 0 heterocycles. The maximum absolute atomic E-state index is 12.3. The Bertz CT molecular complexity index is 765. The summed E-state index contributed by atoms with van der Waals surface area (Å²) >= 11 is 9.23. The van der Waals surface area contributed by atoms with Crippen LogP contribution in [0, 0.1) is 0 Å². The summed E-state index contributed by atoms with van der Waals surface area (Å²) < 4.78 is 28.2. The predicted octanol–water partition coefficient (Wildman–Crippen LogP) is 3.72. The Balaban J connectivity index is 2.26. The Morgan fingerprint density at radius 2 is 1.95 bits per heavy atom. The normalized spacial score (nSPS) is 13.1. The third kappa shape index (κ3) is 3.97. The van der Waals surface area contributed by atoms with Gasteiger partial charge < -0.3 is 5.73 Å². The van der Waals surface area contributed by atoms with Crippen LogP contribution in [0.3, 0.4) is 0 Å². The molecule has 1 atom stereocenters. The number of nitrogens with two attached hydrogens (primary N) is 1. The molecule has 4 nitrogen and oxygen atoms in total. The lowest BCUT2D eigenvalue weighted by atomic mass is 10.1. The highest BCUT2D eigenvalue weighted by Gasteiger charge is 2.19. The minimum absolute atomic E-state index is 0.0866. The molecule has 0 bridgehead atoms. The topological polar surface area (TPSA) is 72.2 Å². The van der Waals surface area contributed by atoms with Crippen LogP contribution in [0.4, 0.5) is 5.69 Å². The van der Waals surface area contributed by atoms with Crippen LogP contribution in [0.5, 0.6) is 0 Å². The molecule has 0 saturated carbocycles. The van der Waals surface area contributed by atoms with Crippen LogP contribution < -0.4 is 10.5 Å². The molecule has 0 aliphatic heterocycles. The van der Waals surface area contributed by atoms with Gasteiger partial charge >= 0.3 is 0 Å². The number of rotatable bonds is 4. The number of anilines is 1. The molecule has 2 rings (SSSR count). The number of halogens is 2. The molecule has 0 aliphatic rings. The maximum atomic E-state index is 12.3. The summed E-state index contributed by atoms with van der Waals surface area (Å²) in [5.41, 5.74) is 6.79. The highest BCUT2D eigenvalue weighted by atomic mass is 79.9. The maximum Gasteiger partial charge on any atom is 0.241 e. The van der Waals surface area contributed by atoms with E-state index in [2.05, 4.69) is 20.7 Å². The largest absolute Gasteiger partial charge is 0.398 e. The molecule has 0 radical (unpaired) electrons. The third-order valence-corrected chi connectivity index (χ3v) is 5.32. The second-order valence-corrected chi connectivity index (χ2v) is 7.62. The number of benzene rings is 2. The Morgan fingerprint density at radius 1 is 1.24 bits per heavy atom. The monoisotopic (exact) mass is 388 g/mol. The predicted molar refractivity (Wildman–Crippen MR) is 88.7 cm³/mol. The van der Waals surface area contributed by atoms with E-state index in [1.807, 2.05) is 24.3 Å². The van der Waals surface area contributed by atoms with Crippen molar-refractivity contribution in [1.82, 2.24) is 4.72 Å². The van der Waals surface area contributed by atoms with Crippen molar-refractivity contribution in [2.45, 2.75) is 17.9 Å². The summed E-state index contributed by atoms with van der Waals surface area (Å²) in [7, 11) is -3.67. The number of hydrogen-bond donors (Lipinski definition) is 2. The van der Waals surface area contributed by atoms with Crippen LogP contribution in [0.15, 0.2) is 51.8 Å². The van der Waals surface area contributed by atoms with Gasteiger partial charge in [-0.25, -0.2) is 13.1 Å². The highest BCUT2D eigenvalue weighted by molar-refractivity contribution is 9.10. The molecule has 2 aromatic rings. The van der Waals surface area contributed by atoms with Gasteiger partial charge in [0.2, 0.25) is 10.0 Å². The highest BCUT2D eigenvalue weighted by Crippen LogP contribution is 2.24. The molecule has 0 fully saturated rings. The van der Waals surface area contributed by atoms with E-state index in [1.165, 1.54) is 18.2 Å². The lowest BCUT2D eigenvalue weighted by Crippen LogP contribution is -2.26. The van der Waals surface area contributed by atoms with Gasteiger partial charge in [0.05, 0.1) is 15.6 Å². The molecule has 0 spiro atoms. The van der Waals surface area contributed by atoms with Crippen LogP contribution in [0.1, 0.15) is 18.5 Å². The summed E-state index contributed by atoms with van der Waals surface area (Å²) in [6.07, 6.45) is 0. The van der Waals surface area contributed by atoms with E-state index in [-0.39, 0.29) is 16.0 Å². The molecule has 0 saturated heterocycles. The van der Waals surface area contributed by atoms with Crippen molar-refractivity contribution in [3.8, 4) is 0 Å². The quantitative estimate of drug-likeness (QED) is 0.783. The van der Waals surface area contributed by atoms with Gasteiger partial charge in [-0.1, -0.05) is 39.7 Å². The van der Waals surface area contributed by atoms with Crippen LogP contribution in [0.25, 0.3) is 0 Å². The van der Waals surface area contributed by atoms with Crippen molar-refractivity contribution in [2.24, 2.45) is 0 Å². The number of hydrogen-bond acceptors (Lipinski definition) is 3. The van der Waals surface area contributed by atoms with E-state index in [9.17, 15) is 8.42 Å². The summed E-state index contributed by atoms with van der Waals surface area (Å²) in [6.45, 7) is 1.78. The van der Waals surface area contributed by atoms with Crippen molar-refractivity contribution in [2.75, 3.05) is 5.73 Å². The molecule has 0 aromatic heterocycles. The molecule has 2 aromatic carbocycles.